The summed E-state index contributed by atoms with van der Waals surface area (Å²) in [4.78, 5) is 9.54. The van der Waals surface area contributed by atoms with Crippen LogP contribution < -0.4 is 32.8 Å². The molecule has 0 N–H and O–H groups in total. The van der Waals surface area contributed by atoms with Crippen molar-refractivity contribution in [3.8, 4) is 44.8 Å². The maximum atomic E-state index is 4.85. The molecule has 0 fully saturated rings. The fraction of sp³-hybridized carbons (Fsp3) is 0.100. The van der Waals surface area contributed by atoms with Crippen LogP contribution in [0.25, 0.3) is 66.3 Å². The van der Waals surface area contributed by atoms with Crippen LogP contribution in [0.4, 0.5) is 0 Å². The maximum absolute atomic E-state index is 4.85. The van der Waals surface area contributed by atoms with Gasteiger partial charge in [0.2, 0.25) is 0 Å². The second-order valence-corrected chi connectivity index (χ2v) is 17.8. The monoisotopic (exact) mass is 1010 g/mol. The van der Waals surface area contributed by atoms with Crippen molar-refractivity contribution < 1.29 is 21.1 Å². The first-order valence-corrected chi connectivity index (χ1v) is 22.6. The summed E-state index contributed by atoms with van der Waals surface area (Å²) in [6, 6.07) is 72.7. The van der Waals surface area contributed by atoms with E-state index in [1.807, 2.05) is 18.5 Å². The molecule has 0 bridgehead atoms. The third-order valence-corrected chi connectivity index (χ3v) is 13.4. The molecular formula is C60H46B2N2Pt. The minimum atomic E-state index is 0. The molecule has 10 aromatic rings. The number of fused-ring (bicyclic) bond motifs is 8. The van der Waals surface area contributed by atoms with E-state index in [4.69, 9.17) is 9.97 Å². The van der Waals surface area contributed by atoms with Crippen LogP contribution in [-0.2, 0) is 21.1 Å². The Labute approximate surface area is 398 Å². The van der Waals surface area contributed by atoms with E-state index in [1.165, 1.54) is 87.7 Å². The van der Waals surface area contributed by atoms with Gasteiger partial charge in [-0.3, -0.25) is 0 Å². The third-order valence-electron chi connectivity index (χ3n) is 13.4. The van der Waals surface area contributed by atoms with Crippen molar-refractivity contribution in [2.45, 2.75) is 39.5 Å². The van der Waals surface area contributed by atoms with Gasteiger partial charge in [-0.2, -0.15) is 0 Å². The smallest absolute Gasteiger partial charge is 0.305 e. The molecular weight excluding hydrogens is 965 g/mol. The maximum Gasteiger partial charge on any atom is 2.00 e. The summed E-state index contributed by atoms with van der Waals surface area (Å²) in [5.41, 5.74) is 20.1. The Morgan fingerprint density at radius 2 is 0.877 bits per heavy atom. The van der Waals surface area contributed by atoms with Crippen LogP contribution in [-0.4, -0.2) is 23.4 Å². The Bertz CT molecular complexity index is 3340. The van der Waals surface area contributed by atoms with E-state index in [2.05, 4.69) is 216 Å². The van der Waals surface area contributed by atoms with Crippen LogP contribution >= 0.6 is 0 Å². The van der Waals surface area contributed by atoms with E-state index in [1.54, 1.807) is 0 Å². The van der Waals surface area contributed by atoms with Gasteiger partial charge in [0, 0.05) is 12.4 Å². The molecule has 0 saturated heterocycles. The van der Waals surface area contributed by atoms with Gasteiger partial charge >= 0.3 is 21.1 Å². The first-order chi connectivity index (χ1) is 31.4. The normalized spacial score (nSPS) is 12.1. The number of nitrogens with zero attached hydrogens (tertiary/aromatic N) is 2. The van der Waals surface area contributed by atoms with Gasteiger partial charge in [0.25, 0.3) is 0 Å². The van der Waals surface area contributed by atoms with Crippen molar-refractivity contribution >= 4 is 67.7 Å². The van der Waals surface area contributed by atoms with E-state index >= 15 is 0 Å². The molecule has 2 nitrogen and oxygen atoms in total. The van der Waals surface area contributed by atoms with Gasteiger partial charge in [-0.1, -0.05) is 229 Å². The van der Waals surface area contributed by atoms with Crippen molar-refractivity contribution in [3.05, 3.63) is 218 Å². The van der Waals surface area contributed by atoms with Crippen LogP contribution in [0.2, 0.25) is 0 Å². The van der Waals surface area contributed by atoms with Gasteiger partial charge in [0.1, 0.15) is 0 Å². The van der Waals surface area contributed by atoms with Gasteiger partial charge in [0.15, 0.2) is 13.4 Å². The first-order valence-electron chi connectivity index (χ1n) is 22.6. The molecule has 0 saturated carbocycles. The largest absolute Gasteiger partial charge is 2.00 e. The second kappa shape index (κ2) is 17.8. The average molecular weight is 1010 g/mol. The Balaban J connectivity index is 0.000000153. The quantitative estimate of drug-likeness (QED) is 0.123. The second-order valence-electron chi connectivity index (χ2n) is 17.8. The van der Waals surface area contributed by atoms with E-state index < -0.39 is 0 Å². The number of rotatable bonds is 6. The minimum Gasteiger partial charge on any atom is -0.305 e. The van der Waals surface area contributed by atoms with Gasteiger partial charge < -0.3 is 9.97 Å². The number of benzene rings is 8. The Hall–Kier alpha value is -6.60. The molecule has 2 aliphatic rings. The summed E-state index contributed by atoms with van der Waals surface area (Å²) >= 11 is 0. The van der Waals surface area contributed by atoms with Crippen molar-refractivity contribution in [2.24, 2.45) is 0 Å². The molecule has 0 spiro atoms. The van der Waals surface area contributed by atoms with E-state index in [9.17, 15) is 0 Å². The van der Waals surface area contributed by atoms with E-state index in [0.717, 1.165) is 22.5 Å². The summed E-state index contributed by atoms with van der Waals surface area (Å²) in [6.07, 6.45) is 3.79. The third kappa shape index (κ3) is 7.49. The zero-order valence-electron chi connectivity index (χ0n) is 37.0. The molecule has 5 heteroatoms. The molecule has 8 aromatic carbocycles. The molecule has 65 heavy (non-hydrogen) atoms. The summed E-state index contributed by atoms with van der Waals surface area (Å²) in [5.74, 6) is 0.885. The summed E-state index contributed by atoms with van der Waals surface area (Å²) in [5, 5.41) is 5.07. The molecule has 0 radical (unpaired) electrons. The topological polar surface area (TPSA) is 25.8 Å². The summed E-state index contributed by atoms with van der Waals surface area (Å²) in [6.45, 7) is 9.59. The molecule has 2 aromatic heterocycles. The minimum absolute atomic E-state index is 0. The molecule has 12 rings (SSSR count). The first kappa shape index (κ1) is 42.4. The Kier molecular flexibility index (Phi) is 11.6. The van der Waals surface area contributed by atoms with Crippen molar-refractivity contribution in [2.75, 3.05) is 0 Å². The number of aromatic nitrogens is 2. The van der Waals surface area contributed by atoms with Crippen LogP contribution in [0.3, 0.4) is 0 Å². The molecule has 0 amide bonds. The summed E-state index contributed by atoms with van der Waals surface area (Å²) < 4.78 is 0. The number of pyridine rings is 2. The zero-order chi connectivity index (χ0) is 43.3. The molecule has 2 aliphatic heterocycles. The van der Waals surface area contributed by atoms with Crippen molar-refractivity contribution in [1.82, 2.24) is 9.97 Å². The molecule has 312 valence electrons. The predicted molar refractivity (Wildman–Crippen MR) is 273 cm³/mol. The molecule has 0 aliphatic carbocycles. The fourth-order valence-electron chi connectivity index (χ4n) is 10.5. The fourth-order valence-corrected chi connectivity index (χ4v) is 10.5. The average Bonchev–Trinajstić information content (AvgIpc) is 3.85. The van der Waals surface area contributed by atoms with Crippen LogP contribution in [0.1, 0.15) is 50.7 Å². The number of hydrogen-bond acceptors (Lipinski definition) is 2. The van der Waals surface area contributed by atoms with Gasteiger partial charge in [0.05, 0.1) is 0 Å². The van der Waals surface area contributed by atoms with Crippen molar-refractivity contribution in [1.29, 1.82) is 0 Å². The SMILES string of the molecule is CC(C)c1cccc(C(C)C)c1B1c2cc(-c3cccc4ccccc34)c[c-]c2-c2ncccc21.[Pt+2].[c-]1cc(-c2cccc3ccccc23)cc2c1-c1ncccc1B2c1ccccc1. The predicted octanol–water partition coefficient (Wildman–Crippen LogP) is 10.6. The van der Waals surface area contributed by atoms with Crippen LogP contribution in [0.5, 0.6) is 0 Å². The molecule has 4 heterocycles. The number of hydrogen-bond donors (Lipinski definition) is 0. The Morgan fingerprint density at radius 3 is 1.40 bits per heavy atom. The standard InChI is InChI=1S/C33H29BN.C27H17BN.Pt/c1-21(2)25-13-8-14-26(22(3)4)32(25)34-30-16-9-19-35-33(30)29-18-17-24(20-31(29)34)28-15-7-11-23-10-5-6-12-27(23)28;1-2-10-21(11-3-1)28-25-14-7-17-29-27(25)24-16-15-20(18-26(24)28)23-13-6-9-19-8-4-5-12-22(19)23;/h5-17,19-22H,1-4H3;1-15,17-18H;/q2*-1;+2. The van der Waals surface area contributed by atoms with Gasteiger partial charge in [-0.05, 0) is 56.9 Å². The summed E-state index contributed by atoms with van der Waals surface area (Å²) in [7, 11) is 0. The zero-order valence-corrected chi connectivity index (χ0v) is 39.3. The molecule has 0 unspecified atom stereocenters. The van der Waals surface area contributed by atoms with Crippen LogP contribution in [0.15, 0.2) is 194 Å². The van der Waals surface area contributed by atoms with E-state index in [0.29, 0.717) is 11.8 Å². The van der Waals surface area contributed by atoms with E-state index in [-0.39, 0.29) is 34.5 Å². The van der Waals surface area contributed by atoms with Gasteiger partial charge in [-0.15, -0.1) is 58.5 Å². The van der Waals surface area contributed by atoms with Gasteiger partial charge in [-0.25, -0.2) is 0 Å². The van der Waals surface area contributed by atoms with Crippen molar-refractivity contribution in [3.63, 3.8) is 0 Å². The van der Waals surface area contributed by atoms with Crippen LogP contribution in [0, 0.1) is 12.1 Å². The Morgan fingerprint density at radius 1 is 0.431 bits per heavy atom. The molecule has 0 atom stereocenters.